The molecule has 0 aliphatic carbocycles. The molecule has 1 unspecified atom stereocenters. The minimum Gasteiger partial charge on any atom is -0.496 e. The SMILES string of the molecule is COc1csc(C(O)c2ccc3c(c2)COC3)c1. The zero-order valence-electron chi connectivity index (χ0n) is 10.1. The van der Waals surface area contributed by atoms with Gasteiger partial charge in [-0.2, -0.15) is 0 Å². The van der Waals surface area contributed by atoms with Gasteiger partial charge in [0.05, 0.1) is 20.3 Å². The first-order valence-electron chi connectivity index (χ1n) is 5.78. The smallest absolute Gasteiger partial charge is 0.129 e. The lowest BCUT2D eigenvalue weighted by molar-refractivity contribution is 0.134. The van der Waals surface area contributed by atoms with Crippen molar-refractivity contribution in [1.29, 1.82) is 0 Å². The van der Waals surface area contributed by atoms with Gasteiger partial charge < -0.3 is 14.6 Å². The fraction of sp³-hybridized carbons (Fsp3) is 0.286. The summed E-state index contributed by atoms with van der Waals surface area (Å²) in [5.74, 6) is 0.790. The van der Waals surface area contributed by atoms with E-state index in [1.807, 2.05) is 29.6 Å². The summed E-state index contributed by atoms with van der Waals surface area (Å²) >= 11 is 1.50. The van der Waals surface area contributed by atoms with E-state index in [0.717, 1.165) is 16.2 Å². The number of ether oxygens (including phenoxy) is 2. The van der Waals surface area contributed by atoms with Crippen LogP contribution >= 0.6 is 11.3 Å². The average Bonchev–Trinajstić information content (AvgIpc) is 3.05. The molecule has 2 aromatic rings. The Morgan fingerprint density at radius 1 is 1.28 bits per heavy atom. The molecular weight excluding hydrogens is 248 g/mol. The van der Waals surface area contributed by atoms with Crippen LogP contribution in [0.5, 0.6) is 5.75 Å². The Labute approximate surface area is 110 Å². The minimum atomic E-state index is -0.593. The van der Waals surface area contributed by atoms with Crippen LogP contribution < -0.4 is 4.74 Å². The van der Waals surface area contributed by atoms with Crippen LogP contribution in [0.3, 0.4) is 0 Å². The maximum Gasteiger partial charge on any atom is 0.129 e. The monoisotopic (exact) mass is 262 g/mol. The van der Waals surface area contributed by atoms with Gasteiger partial charge in [-0.15, -0.1) is 11.3 Å². The number of fused-ring (bicyclic) bond motifs is 1. The molecule has 1 aromatic heterocycles. The molecule has 1 aliphatic rings. The Morgan fingerprint density at radius 3 is 2.89 bits per heavy atom. The van der Waals surface area contributed by atoms with E-state index in [4.69, 9.17) is 9.47 Å². The van der Waals surface area contributed by atoms with Crippen molar-refractivity contribution in [1.82, 2.24) is 0 Å². The lowest BCUT2D eigenvalue weighted by atomic mass is 10.0. The van der Waals surface area contributed by atoms with Gasteiger partial charge in [-0.05, 0) is 22.8 Å². The summed E-state index contributed by atoms with van der Waals surface area (Å²) in [5, 5.41) is 12.2. The topological polar surface area (TPSA) is 38.7 Å². The highest BCUT2D eigenvalue weighted by Gasteiger charge is 2.17. The highest BCUT2D eigenvalue weighted by atomic mass is 32.1. The van der Waals surface area contributed by atoms with Crippen LogP contribution in [0, 0.1) is 0 Å². The second kappa shape index (κ2) is 4.72. The summed E-state index contributed by atoms with van der Waals surface area (Å²) in [7, 11) is 1.63. The molecule has 3 rings (SSSR count). The standard InChI is InChI=1S/C14H14O3S/c1-16-12-5-13(18-8-12)14(15)9-2-3-10-6-17-7-11(10)4-9/h2-5,8,14-15H,6-7H2,1H3. The Hall–Kier alpha value is -1.36. The first kappa shape index (κ1) is 11.7. The van der Waals surface area contributed by atoms with E-state index in [1.165, 1.54) is 22.5 Å². The fourth-order valence-electron chi connectivity index (χ4n) is 2.11. The van der Waals surface area contributed by atoms with Crippen LogP contribution in [0.15, 0.2) is 29.6 Å². The number of methoxy groups -OCH3 is 1. The van der Waals surface area contributed by atoms with Crippen molar-refractivity contribution in [2.75, 3.05) is 7.11 Å². The normalized spacial score (nSPS) is 15.4. The molecule has 0 saturated carbocycles. The minimum absolute atomic E-state index is 0.593. The molecule has 4 heteroatoms. The first-order chi connectivity index (χ1) is 8.78. The van der Waals surface area contributed by atoms with E-state index in [0.29, 0.717) is 13.2 Å². The lowest BCUT2D eigenvalue weighted by Crippen LogP contribution is -1.98. The second-order valence-corrected chi connectivity index (χ2v) is 5.26. The van der Waals surface area contributed by atoms with E-state index in [2.05, 4.69) is 0 Å². The van der Waals surface area contributed by atoms with Crippen LogP contribution in [0.25, 0.3) is 0 Å². The van der Waals surface area contributed by atoms with Crippen LogP contribution in [0.2, 0.25) is 0 Å². The molecule has 1 aliphatic heterocycles. The molecule has 0 spiro atoms. The molecule has 94 valence electrons. The van der Waals surface area contributed by atoms with E-state index in [-0.39, 0.29) is 0 Å². The van der Waals surface area contributed by atoms with Crippen molar-refractivity contribution in [3.05, 3.63) is 51.2 Å². The Morgan fingerprint density at radius 2 is 2.11 bits per heavy atom. The van der Waals surface area contributed by atoms with Gasteiger partial charge in [0, 0.05) is 10.3 Å². The van der Waals surface area contributed by atoms with Crippen molar-refractivity contribution in [3.63, 3.8) is 0 Å². The fourth-order valence-corrected chi connectivity index (χ4v) is 2.98. The van der Waals surface area contributed by atoms with Crippen LogP contribution in [0.4, 0.5) is 0 Å². The van der Waals surface area contributed by atoms with Crippen molar-refractivity contribution >= 4 is 11.3 Å². The Bertz CT molecular complexity index is 562. The number of thiophene rings is 1. The summed E-state index contributed by atoms with van der Waals surface area (Å²) in [6, 6.07) is 7.90. The van der Waals surface area contributed by atoms with Gasteiger partial charge in [-0.25, -0.2) is 0 Å². The molecule has 1 N–H and O–H groups in total. The van der Waals surface area contributed by atoms with E-state index in [9.17, 15) is 5.11 Å². The molecule has 2 heterocycles. The maximum atomic E-state index is 10.3. The average molecular weight is 262 g/mol. The highest BCUT2D eigenvalue weighted by Crippen LogP contribution is 2.32. The molecule has 1 aromatic carbocycles. The molecule has 0 saturated heterocycles. The molecule has 3 nitrogen and oxygen atoms in total. The molecule has 0 radical (unpaired) electrons. The molecule has 0 fully saturated rings. The molecular formula is C14H14O3S. The summed E-state index contributed by atoms with van der Waals surface area (Å²) in [6.07, 6.45) is -0.593. The van der Waals surface area contributed by atoms with Crippen molar-refractivity contribution < 1.29 is 14.6 Å². The summed E-state index contributed by atoms with van der Waals surface area (Å²) < 4.78 is 10.5. The summed E-state index contributed by atoms with van der Waals surface area (Å²) in [6.45, 7) is 1.32. The van der Waals surface area contributed by atoms with Gasteiger partial charge in [-0.3, -0.25) is 0 Å². The predicted molar refractivity (Wildman–Crippen MR) is 69.9 cm³/mol. The quantitative estimate of drug-likeness (QED) is 0.924. The Balaban J connectivity index is 1.89. The van der Waals surface area contributed by atoms with Gasteiger partial charge >= 0.3 is 0 Å². The van der Waals surface area contributed by atoms with Crippen LogP contribution in [-0.2, 0) is 18.0 Å². The second-order valence-electron chi connectivity index (χ2n) is 4.31. The maximum absolute atomic E-state index is 10.3. The van der Waals surface area contributed by atoms with Gasteiger partial charge in [0.2, 0.25) is 0 Å². The first-order valence-corrected chi connectivity index (χ1v) is 6.66. The van der Waals surface area contributed by atoms with Crippen molar-refractivity contribution in [2.45, 2.75) is 19.3 Å². The van der Waals surface area contributed by atoms with Crippen LogP contribution in [0.1, 0.15) is 27.7 Å². The summed E-state index contributed by atoms with van der Waals surface area (Å²) in [5.41, 5.74) is 3.30. The van der Waals surface area contributed by atoms with Crippen LogP contribution in [-0.4, -0.2) is 12.2 Å². The number of hydrogen-bond acceptors (Lipinski definition) is 4. The van der Waals surface area contributed by atoms with Gasteiger partial charge in [0.1, 0.15) is 11.9 Å². The zero-order chi connectivity index (χ0) is 12.5. The molecule has 18 heavy (non-hydrogen) atoms. The number of hydrogen-bond donors (Lipinski definition) is 1. The third-order valence-electron chi connectivity index (χ3n) is 3.16. The number of rotatable bonds is 3. The van der Waals surface area contributed by atoms with Crippen molar-refractivity contribution in [2.24, 2.45) is 0 Å². The highest BCUT2D eigenvalue weighted by molar-refractivity contribution is 7.10. The van der Waals surface area contributed by atoms with Gasteiger partial charge in [0.15, 0.2) is 0 Å². The number of aliphatic hydroxyl groups excluding tert-OH is 1. The number of benzene rings is 1. The Kier molecular flexibility index (Phi) is 3.07. The molecule has 1 atom stereocenters. The largest absolute Gasteiger partial charge is 0.496 e. The van der Waals surface area contributed by atoms with Gasteiger partial charge in [0.25, 0.3) is 0 Å². The third-order valence-corrected chi connectivity index (χ3v) is 4.13. The summed E-state index contributed by atoms with van der Waals surface area (Å²) in [4.78, 5) is 0.894. The lowest BCUT2D eigenvalue weighted by Gasteiger charge is -2.10. The van der Waals surface area contributed by atoms with Crippen molar-refractivity contribution in [3.8, 4) is 5.75 Å². The third kappa shape index (κ3) is 2.03. The zero-order valence-corrected chi connectivity index (χ0v) is 10.9. The van der Waals surface area contributed by atoms with E-state index in [1.54, 1.807) is 7.11 Å². The number of aliphatic hydroxyl groups is 1. The predicted octanol–water partition coefficient (Wildman–Crippen LogP) is 2.87. The van der Waals surface area contributed by atoms with E-state index >= 15 is 0 Å². The molecule has 0 bridgehead atoms. The van der Waals surface area contributed by atoms with E-state index < -0.39 is 6.10 Å². The van der Waals surface area contributed by atoms with Gasteiger partial charge in [-0.1, -0.05) is 18.2 Å². The molecule has 0 amide bonds.